The Balaban J connectivity index is 2.70. The van der Waals surface area contributed by atoms with E-state index < -0.39 is 0 Å². The third-order valence-corrected chi connectivity index (χ3v) is 3.35. The third kappa shape index (κ3) is 2.00. The van der Waals surface area contributed by atoms with Gasteiger partial charge in [0.2, 0.25) is 0 Å². The summed E-state index contributed by atoms with van der Waals surface area (Å²) in [4.78, 5) is 5.60. The minimum atomic E-state index is 0.526. The van der Waals surface area contributed by atoms with Gasteiger partial charge in [0.15, 0.2) is 0 Å². The molecule has 0 radical (unpaired) electrons. The van der Waals surface area contributed by atoms with Gasteiger partial charge < -0.3 is 0 Å². The molecule has 0 saturated carbocycles. The monoisotopic (exact) mass is 217 g/mol. The number of rotatable bonds is 2. The minimum Gasteiger partial charge on any atom is -0.264 e. The molecule has 2 rings (SSSR count). The first-order chi connectivity index (χ1) is 7.22. The lowest BCUT2D eigenvalue weighted by Gasteiger charge is -2.09. The molecule has 0 bridgehead atoms. The van der Waals surface area contributed by atoms with Crippen molar-refractivity contribution in [1.29, 1.82) is 0 Å². The van der Waals surface area contributed by atoms with Crippen molar-refractivity contribution in [2.24, 2.45) is 0 Å². The molecule has 0 unspecified atom stereocenters. The SMILES string of the molecule is CSc1ccc2cncc(C(C)C)c2c1. The molecule has 0 atom stereocenters. The van der Waals surface area contributed by atoms with Crippen molar-refractivity contribution < 1.29 is 0 Å². The smallest absolute Gasteiger partial charge is 0.0346 e. The Labute approximate surface area is 94.9 Å². The zero-order valence-corrected chi connectivity index (χ0v) is 10.1. The van der Waals surface area contributed by atoms with Crippen LogP contribution in [0, 0.1) is 0 Å². The number of pyridine rings is 1. The average Bonchev–Trinajstić information content (AvgIpc) is 2.27. The Morgan fingerprint density at radius 1 is 1.20 bits per heavy atom. The normalized spacial score (nSPS) is 11.2. The van der Waals surface area contributed by atoms with E-state index in [-0.39, 0.29) is 0 Å². The van der Waals surface area contributed by atoms with Gasteiger partial charge in [0, 0.05) is 22.7 Å². The van der Waals surface area contributed by atoms with Crippen LogP contribution in [0.5, 0.6) is 0 Å². The van der Waals surface area contributed by atoms with E-state index in [0.29, 0.717) is 5.92 Å². The van der Waals surface area contributed by atoms with Gasteiger partial charge in [-0.05, 0) is 35.3 Å². The highest BCUT2D eigenvalue weighted by atomic mass is 32.2. The van der Waals surface area contributed by atoms with Gasteiger partial charge in [-0.3, -0.25) is 4.98 Å². The van der Waals surface area contributed by atoms with E-state index in [1.54, 1.807) is 11.8 Å². The number of benzene rings is 1. The first-order valence-corrected chi connectivity index (χ1v) is 6.36. The molecule has 1 nitrogen and oxygen atoms in total. The second kappa shape index (κ2) is 4.23. The molecule has 1 aromatic carbocycles. The lowest BCUT2D eigenvalue weighted by Crippen LogP contribution is -1.91. The van der Waals surface area contributed by atoms with Crippen LogP contribution < -0.4 is 0 Å². The van der Waals surface area contributed by atoms with Crippen LogP contribution in [0.3, 0.4) is 0 Å². The fourth-order valence-corrected chi connectivity index (χ4v) is 2.19. The molecule has 2 heteroatoms. The lowest BCUT2D eigenvalue weighted by molar-refractivity contribution is 0.868. The molecule has 0 fully saturated rings. The molecule has 0 aliphatic heterocycles. The molecule has 0 amide bonds. The minimum absolute atomic E-state index is 0.526. The van der Waals surface area contributed by atoms with Gasteiger partial charge in [-0.15, -0.1) is 11.8 Å². The van der Waals surface area contributed by atoms with Gasteiger partial charge in [0.05, 0.1) is 0 Å². The molecule has 2 aromatic rings. The van der Waals surface area contributed by atoms with E-state index in [9.17, 15) is 0 Å². The van der Waals surface area contributed by atoms with Crippen LogP contribution in [0.15, 0.2) is 35.5 Å². The first kappa shape index (κ1) is 10.5. The van der Waals surface area contributed by atoms with E-state index in [1.807, 2.05) is 12.4 Å². The second-order valence-corrected chi connectivity index (χ2v) is 4.85. The predicted octanol–water partition coefficient (Wildman–Crippen LogP) is 4.08. The zero-order chi connectivity index (χ0) is 10.8. The Bertz CT molecular complexity index is 477. The van der Waals surface area contributed by atoms with Crippen molar-refractivity contribution in [1.82, 2.24) is 4.98 Å². The maximum atomic E-state index is 4.28. The van der Waals surface area contributed by atoms with Crippen molar-refractivity contribution in [2.45, 2.75) is 24.7 Å². The molecule has 0 aliphatic rings. The molecule has 1 aromatic heterocycles. The summed E-state index contributed by atoms with van der Waals surface area (Å²) >= 11 is 1.78. The average molecular weight is 217 g/mol. The molecule has 0 saturated heterocycles. The number of nitrogens with zero attached hydrogens (tertiary/aromatic N) is 1. The highest BCUT2D eigenvalue weighted by Crippen LogP contribution is 2.27. The quantitative estimate of drug-likeness (QED) is 0.703. The molecule has 15 heavy (non-hydrogen) atoms. The van der Waals surface area contributed by atoms with Crippen molar-refractivity contribution in [2.75, 3.05) is 6.26 Å². The maximum absolute atomic E-state index is 4.28. The summed E-state index contributed by atoms with van der Waals surface area (Å²) in [6, 6.07) is 6.57. The second-order valence-electron chi connectivity index (χ2n) is 3.97. The Morgan fingerprint density at radius 3 is 2.67 bits per heavy atom. The number of hydrogen-bond acceptors (Lipinski definition) is 2. The van der Waals surface area contributed by atoms with Gasteiger partial charge in [-0.2, -0.15) is 0 Å². The van der Waals surface area contributed by atoms with Gasteiger partial charge in [-0.25, -0.2) is 0 Å². The molecule has 0 aliphatic carbocycles. The summed E-state index contributed by atoms with van der Waals surface area (Å²) < 4.78 is 0. The van der Waals surface area contributed by atoms with E-state index in [2.05, 4.69) is 43.3 Å². The highest BCUT2D eigenvalue weighted by molar-refractivity contribution is 7.98. The van der Waals surface area contributed by atoms with Crippen molar-refractivity contribution in [3.8, 4) is 0 Å². The molecule has 78 valence electrons. The zero-order valence-electron chi connectivity index (χ0n) is 9.32. The number of aromatic nitrogens is 1. The molecule has 1 heterocycles. The number of fused-ring (bicyclic) bond motifs is 1. The molecule has 0 spiro atoms. The number of thioether (sulfide) groups is 1. The number of hydrogen-bond donors (Lipinski definition) is 0. The van der Waals surface area contributed by atoms with Gasteiger partial charge >= 0.3 is 0 Å². The van der Waals surface area contributed by atoms with Gasteiger partial charge in [0.25, 0.3) is 0 Å². The summed E-state index contributed by atoms with van der Waals surface area (Å²) in [5, 5.41) is 2.57. The largest absolute Gasteiger partial charge is 0.264 e. The maximum Gasteiger partial charge on any atom is 0.0346 e. The summed E-state index contributed by atoms with van der Waals surface area (Å²) in [5.41, 5.74) is 1.34. The van der Waals surface area contributed by atoms with Crippen LogP contribution in [0.4, 0.5) is 0 Å². The van der Waals surface area contributed by atoms with Gasteiger partial charge in [-0.1, -0.05) is 19.9 Å². The Morgan fingerprint density at radius 2 is 2.00 bits per heavy atom. The standard InChI is InChI=1S/C13H15NS/c1-9(2)13-8-14-7-10-4-5-11(15-3)6-12(10)13/h4-9H,1-3H3. The fourth-order valence-electron chi connectivity index (χ4n) is 1.75. The van der Waals surface area contributed by atoms with E-state index >= 15 is 0 Å². The summed E-state index contributed by atoms with van der Waals surface area (Å²) in [6.45, 7) is 4.42. The third-order valence-electron chi connectivity index (χ3n) is 2.62. The van der Waals surface area contributed by atoms with Crippen LogP contribution >= 0.6 is 11.8 Å². The van der Waals surface area contributed by atoms with Crippen LogP contribution in [0.2, 0.25) is 0 Å². The van der Waals surface area contributed by atoms with Crippen LogP contribution in [-0.2, 0) is 0 Å². The Hall–Kier alpha value is -1.02. The summed E-state index contributed by atoms with van der Waals surface area (Å²) in [6.07, 6.45) is 6.03. The molecule has 0 N–H and O–H groups in total. The van der Waals surface area contributed by atoms with Crippen molar-refractivity contribution in [3.63, 3.8) is 0 Å². The van der Waals surface area contributed by atoms with Crippen molar-refractivity contribution >= 4 is 22.5 Å². The highest BCUT2D eigenvalue weighted by Gasteiger charge is 2.05. The van der Waals surface area contributed by atoms with Crippen molar-refractivity contribution in [3.05, 3.63) is 36.2 Å². The van der Waals surface area contributed by atoms with Gasteiger partial charge in [0.1, 0.15) is 0 Å². The fraction of sp³-hybridized carbons (Fsp3) is 0.308. The van der Waals surface area contributed by atoms with Crippen LogP contribution in [-0.4, -0.2) is 11.2 Å². The lowest BCUT2D eigenvalue weighted by atomic mass is 9.99. The van der Waals surface area contributed by atoms with E-state index in [0.717, 1.165) is 0 Å². The van der Waals surface area contributed by atoms with E-state index in [1.165, 1.54) is 21.2 Å². The van der Waals surface area contributed by atoms with Crippen LogP contribution in [0.1, 0.15) is 25.3 Å². The van der Waals surface area contributed by atoms with Crippen LogP contribution in [0.25, 0.3) is 10.8 Å². The summed E-state index contributed by atoms with van der Waals surface area (Å²) in [5.74, 6) is 0.526. The molecular formula is C13H15NS. The topological polar surface area (TPSA) is 12.9 Å². The first-order valence-electron chi connectivity index (χ1n) is 5.14. The van der Waals surface area contributed by atoms with E-state index in [4.69, 9.17) is 0 Å². The summed E-state index contributed by atoms with van der Waals surface area (Å²) in [7, 11) is 0. The molecular weight excluding hydrogens is 202 g/mol. The Kier molecular flexibility index (Phi) is 2.96. The predicted molar refractivity (Wildman–Crippen MR) is 67.6 cm³/mol.